The van der Waals surface area contributed by atoms with Gasteiger partial charge in [0.2, 0.25) is 11.8 Å². The van der Waals surface area contributed by atoms with E-state index in [9.17, 15) is 43.3 Å². The van der Waals surface area contributed by atoms with Crippen molar-refractivity contribution >= 4 is 51.2 Å². The molecule has 0 unspecified atom stereocenters. The maximum atomic E-state index is 11.3. The van der Waals surface area contributed by atoms with Crippen LogP contribution in [0.3, 0.4) is 0 Å². The van der Waals surface area contributed by atoms with Crippen molar-refractivity contribution in [1.29, 1.82) is 0 Å². The number of hydrogen-bond acceptors (Lipinski definition) is 11. The lowest BCUT2D eigenvalue weighted by atomic mass is 10.4. The van der Waals surface area contributed by atoms with E-state index in [0.717, 1.165) is 21.6 Å². The van der Waals surface area contributed by atoms with Gasteiger partial charge in [0.1, 0.15) is 0 Å². The molecule has 17 heteroatoms. The molecule has 0 aromatic carbocycles. The van der Waals surface area contributed by atoms with Gasteiger partial charge in [-0.15, -0.1) is 0 Å². The van der Waals surface area contributed by atoms with Gasteiger partial charge in [-0.25, -0.2) is 33.7 Å². The van der Waals surface area contributed by atoms with Gasteiger partial charge in [-0.05, 0) is 0 Å². The van der Waals surface area contributed by atoms with E-state index < -0.39 is 51.2 Å². The summed E-state index contributed by atoms with van der Waals surface area (Å²) in [4.78, 5) is 22.6. The maximum absolute atomic E-state index is 11.3. The fourth-order valence-electron chi connectivity index (χ4n) is 1.67. The van der Waals surface area contributed by atoms with E-state index >= 15 is 0 Å². The molecular weight excluding hydrogens is 560 g/mol. The van der Waals surface area contributed by atoms with E-state index in [-0.39, 0.29) is 55.7 Å². The predicted molar refractivity (Wildman–Crippen MR) is 137 cm³/mol. The molecule has 2 N–H and O–H groups in total. The van der Waals surface area contributed by atoms with Crippen LogP contribution in [0.15, 0.2) is 47.9 Å². The number of ether oxygens (including phenoxy) is 1. The normalized spacial score (nSPS) is 11.8. The summed E-state index contributed by atoms with van der Waals surface area (Å²) < 4.78 is 92.6. The molecule has 0 radical (unpaired) electrons. The Hall–Kier alpha value is -2.34. The Kier molecular flexibility index (Phi) is 17.1. The lowest BCUT2D eigenvalue weighted by molar-refractivity contribution is -0.122. The van der Waals surface area contributed by atoms with Gasteiger partial charge in [-0.1, -0.05) is 26.3 Å². The molecule has 0 fully saturated rings. The molecule has 0 aliphatic rings. The van der Waals surface area contributed by atoms with E-state index in [4.69, 9.17) is 4.74 Å². The number of nitrogens with one attached hydrogen (secondary N) is 2. The highest BCUT2D eigenvalue weighted by atomic mass is 32.2. The molecule has 0 heterocycles. The molecule has 0 aliphatic heterocycles. The van der Waals surface area contributed by atoms with E-state index in [1.54, 1.807) is 0 Å². The van der Waals surface area contributed by atoms with Gasteiger partial charge in [0.05, 0.1) is 42.9 Å². The molecule has 0 aromatic heterocycles. The first-order valence-corrected chi connectivity index (χ1v) is 16.8. The first-order chi connectivity index (χ1) is 16.4. The van der Waals surface area contributed by atoms with E-state index in [1.807, 2.05) is 0 Å². The number of carbonyl (C=O) groups excluding carboxylic acids is 2. The van der Waals surface area contributed by atoms with Gasteiger partial charge < -0.3 is 15.4 Å². The Morgan fingerprint density at radius 1 is 0.556 bits per heavy atom. The molecule has 0 saturated heterocycles. The van der Waals surface area contributed by atoms with Gasteiger partial charge in [0.25, 0.3) is 0 Å². The van der Waals surface area contributed by atoms with Crippen molar-refractivity contribution in [1.82, 2.24) is 10.6 Å². The van der Waals surface area contributed by atoms with Gasteiger partial charge in [-0.2, -0.15) is 0 Å². The number of sulfone groups is 4. The summed E-state index contributed by atoms with van der Waals surface area (Å²) in [6.07, 6.45) is -0.510. The van der Waals surface area contributed by atoms with Gasteiger partial charge in [0.15, 0.2) is 39.3 Å². The second kappa shape index (κ2) is 17.2. The Bertz CT molecular complexity index is 1110. The summed E-state index contributed by atoms with van der Waals surface area (Å²) in [5.74, 6) is -2.23. The first-order valence-electron chi connectivity index (χ1n) is 9.96. The molecule has 0 atom stereocenters. The molecule has 208 valence electrons. The highest BCUT2D eigenvalue weighted by Gasteiger charge is 2.11. The van der Waals surface area contributed by atoms with Crippen LogP contribution in [-0.2, 0) is 53.7 Å². The number of hydrogen-bond donors (Lipinski definition) is 2. The third-order valence-electron chi connectivity index (χ3n) is 3.84. The number of amides is 2. The molecule has 0 spiro atoms. The molecule has 0 saturated carbocycles. The largest absolute Gasteiger partial charge is 0.379 e. The summed E-state index contributed by atoms with van der Waals surface area (Å²) in [6.45, 7) is 12.2. The minimum Gasteiger partial charge on any atom is -0.379 e. The van der Waals surface area contributed by atoms with Crippen molar-refractivity contribution in [3.05, 3.63) is 47.9 Å². The van der Waals surface area contributed by atoms with Gasteiger partial charge >= 0.3 is 0 Å². The summed E-state index contributed by atoms with van der Waals surface area (Å²) >= 11 is 0. The van der Waals surface area contributed by atoms with Gasteiger partial charge in [0, 0.05) is 34.5 Å². The van der Waals surface area contributed by atoms with Crippen LogP contribution in [-0.4, -0.2) is 88.4 Å². The fraction of sp³-hybridized carbons (Fsp3) is 0.474. The van der Waals surface area contributed by atoms with Crippen LogP contribution in [0.2, 0.25) is 0 Å². The summed E-state index contributed by atoms with van der Waals surface area (Å²) in [5, 5.41) is 7.78. The third kappa shape index (κ3) is 21.0. The van der Waals surface area contributed by atoms with Crippen molar-refractivity contribution in [2.24, 2.45) is 0 Å². The highest BCUT2D eigenvalue weighted by Crippen LogP contribution is 1.96. The van der Waals surface area contributed by atoms with Crippen molar-refractivity contribution in [2.75, 3.05) is 42.9 Å². The molecule has 0 bridgehead atoms. The summed E-state index contributed by atoms with van der Waals surface area (Å²) in [6, 6.07) is 0. The molecule has 0 aromatic rings. The quantitative estimate of drug-likeness (QED) is 0.149. The van der Waals surface area contributed by atoms with Crippen molar-refractivity contribution in [3.63, 3.8) is 0 Å². The minimum atomic E-state index is -3.44. The Labute approximate surface area is 213 Å². The van der Waals surface area contributed by atoms with Crippen LogP contribution in [0.4, 0.5) is 0 Å². The van der Waals surface area contributed by atoms with Crippen LogP contribution in [0, 0.1) is 0 Å². The minimum absolute atomic E-state index is 0.0407. The Morgan fingerprint density at radius 3 is 1.11 bits per heavy atom. The third-order valence-corrected chi connectivity index (χ3v) is 8.89. The van der Waals surface area contributed by atoms with Crippen LogP contribution in [0.1, 0.15) is 12.8 Å². The molecule has 0 aliphatic carbocycles. The van der Waals surface area contributed by atoms with Crippen LogP contribution < -0.4 is 10.6 Å². The van der Waals surface area contributed by atoms with E-state index in [1.165, 1.54) is 0 Å². The SMILES string of the molecule is C=CS(=O)(=O)CCC(=O)NCNC(=O)CCS(=O)(=O)C=C.C=CS(=O)(=O)CCOCCS(=O)(=O)C=C. The summed E-state index contributed by atoms with van der Waals surface area (Å²) in [5.41, 5.74) is 0. The molecule has 36 heavy (non-hydrogen) atoms. The average molecular weight is 593 g/mol. The molecule has 0 rings (SSSR count). The lowest BCUT2D eigenvalue weighted by Gasteiger charge is -2.07. The highest BCUT2D eigenvalue weighted by molar-refractivity contribution is 7.95. The second-order valence-corrected chi connectivity index (χ2v) is 14.9. The van der Waals surface area contributed by atoms with Crippen molar-refractivity contribution < 1.29 is 48.0 Å². The zero-order valence-electron chi connectivity index (χ0n) is 19.6. The number of rotatable bonds is 18. The standard InChI is InChI=1S/C11H18N2O6S2.C8H14O5S2/c1-3-20(16,17)7-5-10(14)12-9-13-11(15)6-8-21(18,19)4-2;1-3-14(9,10)7-5-13-6-8-15(11,12)4-2/h3-4H,1-2,5-9H2,(H,12,14)(H,13,15);3-4H,1-2,5-8H2. The first kappa shape index (κ1) is 35.8. The van der Waals surface area contributed by atoms with Crippen LogP contribution >= 0.6 is 0 Å². The summed E-state index contributed by atoms with van der Waals surface area (Å²) in [7, 11) is -13.4. The fourth-order valence-corrected chi connectivity index (χ4v) is 3.98. The monoisotopic (exact) mass is 592 g/mol. The van der Waals surface area contributed by atoms with Crippen LogP contribution in [0.5, 0.6) is 0 Å². The predicted octanol–water partition coefficient (Wildman–Crippen LogP) is -0.807. The smallest absolute Gasteiger partial charge is 0.222 e. The Balaban J connectivity index is 0. The topological polar surface area (TPSA) is 204 Å². The lowest BCUT2D eigenvalue weighted by Crippen LogP contribution is -2.38. The van der Waals surface area contributed by atoms with Gasteiger partial charge in [-0.3, -0.25) is 9.59 Å². The van der Waals surface area contributed by atoms with Crippen molar-refractivity contribution in [2.45, 2.75) is 12.8 Å². The van der Waals surface area contributed by atoms with Crippen molar-refractivity contribution in [3.8, 4) is 0 Å². The molecule has 2 amide bonds. The Morgan fingerprint density at radius 2 is 0.833 bits per heavy atom. The molecule has 13 nitrogen and oxygen atoms in total. The second-order valence-electron chi connectivity index (χ2n) is 6.62. The average Bonchev–Trinajstić information content (AvgIpc) is 2.81. The zero-order chi connectivity index (χ0) is 28.5. The number of carbonyl (C=O) groups is 2. The maximum Gasteiger partial charge on any atom is 0.222 e. The molecular formula is C19H32N2O11S4. The van der Waals surface area contributed by atoms with Crippen LogP contribution in [0.25, 0.3) is 0 Å². The van der Waals surface area contributed by atoms with E-state index in [0.29, 0.717) is 0 Å². The van der Waals surface area contributed by atoms with E-state index in [2.05, 4.69) is 36.9 Å². The zero-order valence-corrected chi connectivity index (χ0v) is 22.9.